The van der Waals surface area contributed by atoms with Crippen LogP contribution in [-0.2, 0) is 13.0 Å². The number of nitrogens with zero attached hydrogens (tertiary/aromatic N) is 5. The van der Waals surface area contributed by atoms with Gasteiger partial charge in [0, 0.05) is 35.6 Å². The van der Waals surface area contributed by atoms with Crippen LogP contribution in [0.2, 0.25) is 0 Å². The van der Waals surface area contributed by atoms with Gasteiger partial charge < -0.3 is 4.90 Å². The molecule has 1 aliphatic heterocycles. The minimum Gasteiger partial charge on any atom is -0.353 e. The fourth-order valence-electron chi connectivity index (χ4n) is 6.05. The molecule has 7 nitrogen and oxygen atoms in total. The van der Waals surface area contributed by atoms with E-state index in [1.807, 2.05) is 19.9 Å². The highest BCUT2D eigenvalue weighted by atomic mass is 19.1. The largest absolute Gasteiger partial charge is 0.353 e. The van der Waals surface area contributed by atoms with Gasteiger partial charge in [0.25, 0.3) is 0 Å². The van der Waals surface area contributed by atoms with Crippen molar-refractivity contribution in [2.75, 3.05) is 11.4 Å². The average Bonchev–Trinajstić information content (AvgIpc) is 2.96. The molecule has 0 saturated carbocycles. The van der Waals surface area contributed by atoms with E-state index < -0.39 is 17.3 Å². The number of carbonyl (C=O) groups is 1. The number of carbonyl (C=O) groups excluding carboxylic acids is 1. The highest BCUT2D eigenvalue weighted by Gasteiger charge is 2.29. The molecule has 1 aliphatic rings. The standard InChI is InChI=1S/C33H37F2N5O2/c1-6-8-22-13-14-36-29(19(2)3)25(22)17-40-31-24(32(38-33(40)42)39-16-20(4)11-12-21(39)5)15-27(35)30(37-31)28-23(18-41)9-7-10-26(28)34/h7,9-10,13-15,18-21H,6,8,11-12,16-17H2,1-5H3/t20-,21-/m0/s1. The van der Waals surface area contributed by atoms with Crippen molar-refractivity contribution in [2.45, 2.75) is 78.8 Å². The van der Waals surface area contributed by atoms with Gasteiger partial charge in [0.1, 0.15) is 23.0 Å². The van der Waals surface area contributed by atoms with Crippen LogP contribution in [0.4, 0.5) is 14.6 Å². The Balaban J connectivity index is 1.83. The van der Waals surface area contributed by atoms with Crippen LogP contribution in [0.25, 0.3) is 22.3 Å². The molecular weight excluding hydrogens is 536 g/mol. The number of aromatic nitrogens is 4. The van der Waals surface area contributed by atoms with Crippen LogP contribution >= 0.6 is 0 Å². The summed E-state index contributed by atoms with van der Waals surface area (Å²) >= 11 is 0. The maximum Gasteiger partial charge on any atom is 0.351 e. The highest BCUT2D eigenvalue weighted by Crippen LogP contribution is 2.35. The van der Waals surface area contributed by atoms with E-state index in [0.717, 1.165) is 48.6 Å². The Bertz CT molecular complexity index is 1700. The van der Waals surface area contributed by atoms with Crippen LogP contribution in [0.5, 0.6) is 0 Å². The SMILES string of the molecule is CCCc1ccnc(C(C)C)c1Cn1c(=O)nc(N2C[C@@H](C)CC[C@@H]2C)c2cc(F)c(-c3c(F)cccc3C=O)nc21. The quantitative estimate of drug-likeness (QED) is 0.219. The molecule has 9 heteroatoms. The summed E-state index contributed by atoms with van der Waals surface area (Å²) in [4.78, 5) is 41.6. The lowest BCUT2D eigenvalue weighted by Gasteiger charge is -2.38. The molecule has 0 aliphatic carbocycles. The topological polar surface area (TPSA) is 81.0 Å². The maximum atomic E-state index is 15.9. The van der Waals surface area contributed by atoms with Crippen molar-refractivity contribution in [3.8, 4) is 11.3 Å². The van der Waals surface area contributed by atoms with Crippen molar-refractivity contribution in [1.29, 1.82) is 0 Å². The van der Waals surface area contributed by atoms with E-state index in [2.05, 4.69) is 40.6 Å². The molecular formula is C33H37F2N5O2. The Kier molecular flexibility index (Phi) is 8.48. The Morgan fingerprint density at radius 1 is 1.10 bits per heavy atom. The number of aryl methyl sites for hydroxylation is 1. The van der Waals surface area contributed by atoms with Gasteiger partial charge in [-0.05, 0) is 67.3 Å². The van der Waals surface area contributed by atoms with Crippen LogP contribution in [-0.4, -0.2) is 38.4 Å². The lowest BCUT2D eigenvalue weighted by atomic mass is 9.94. The summed E-state index contributed by atoms with van der Waals surface area (Å²) in [6, 6.07) is 7.30. The van der Waals surface area contributed by atoms with E-state index in [9.17, 15) is 9.59 Å². The van der Waals surface area contributed by atoms with Crippen molar-refractivity contribution in [3.63, 3.8) is 0 Å². The number of aldehydes is 1. The molecule has 1 fully saturated rings. The van der Waals surface area contributed by atoms with E-state index in [0.29, 0.717) is 30.0 Å². The lowest BCUT2D eigenvalue weighted by molar-refractivity contribution is 0.112. The molecule has 2 atom stereocenters. The van der Waals surface area contributed by atoms with E-state index in [1.165, 1.54) is 22.8 Å². The Labute approximate surface area is 244 Å². The molecule has 3 aromatic heterocycles. The molecule has 42 heavy (non-hydrogen) atoms. The predicted octanol–water partition coefficient (Wildman–Crippen LogP) is 6.69. The van der Waals surface area contributed by atoms with Crippen LogP contribution < -0.4 is 10.6 Å². The van der Waals surface area contributed by atoms with Crippen molar-refractivity contribution < 1.29 is 13.6 Å². The molecule has 0 spiro atoms. The van der Waals surface area contributed by atoms with Gasteiger partial charge >= 0.3 is 5.69 Å². The molecule has 220 valence electrons. The molecule has 0 N–H and O–H groups in total. The van der Waals surface area contributed by atoms with Gasteiger partial charge in [0.05, 0.1) is 11.9 Å². The zero-order valence-electron chi connectivity index (χ0n) is 24.8. The molecule has 5 rings (SSSR count). The number of halogens is 2. The third-order valence-electron chi connectivity index (χ3n) is 8.25. The summed E-state index contributed by atoms with van der Waals surface area (Å²) in [7, 11) is 0. The van der Waals surface area contributed by atoms with Gasteiger partial charge in [-0.3, -0.25) is 14.3 Å². The Hall–Kier alpha value is -4.01. The van der Waals surface area contributed by atoms with Gasteiger partial charge in [-0.2, -0.15) is 4.98 Å². The first-order chi connectivity index (χ1) is 20.1. The number of anilines is 1. The molecule has 4 heterocycles. The average molecular weight is 574 g/mol. The summed E-state index contributed by atoms with van der Waals surface area (Å²) < 4.78 is 32.5. The van der Waals surface area contributed by atoms with Crippen molar-refractivity contribution in [2.24, 2.45) is 5.92 Å². The molecule has 0 amide bonds. The van der Waals surface area contributed by atoms with Gasteiger partial charge in [0.15, 0.2) is 12.1 Å². The van der Waals surface area contributed by atoms with Crippen molar-refractivity contribution in [1.82, 2.24) is 19.5 Å². The molecule has 1 aromatic carbocycles. The van der Waals surface area contributed by atoms with Crippen LogP contribution in [0, 0.1) is 17.6 Å². The summed E-state index contributed by atoms with van der Waals surface area (Å²) in [6.07, 6.45) is 5.92. The summed E-state index contributed by atoms with van der Waals surface area (Å²) in [5.74, 6) is -0.733. The van der Waals surface area contributed by atoms with Crippen LogP contribution in [0.3, 0.4) is 0 Å². The first-order valence-corrected chi connectivity index (χ1v) is 14.7. The minimum absolute atomic E-state index is 0.0259. The predicted molar refractivity (Wildman–Crippen MR) is 161 cm³/mol. The van der Waals surface area contributed by atoms with Crippen LogP contribution in [0.1, 0.15) is 87.0 Å². The van der Waals surface area contributed by atoms with Gasteiger partial charge in [-0.15, -0.1) is 0 Å². The second-order valence-electron chi connectivity index (χ2n) is 11.7. The molecule has 0 bridgehead atoms. The van der Waals surface area contributed by atoms with Gasteiger partial charge in [-0.1, -0.05) is 46.2 Å². The highest BCUT2D eigenvalue weighted by molar-refractivity contribution is 5.92. The Morgan fingerprint density at radius 3 is 2.60 bits per heavy atom. The summed E-state index contributed by atoms with van der Waals surface area (Å²) in [5, 5.41) is 0.368. The van der Waals surface area contributed by atoms with Gasteiger partial charge in [0.2, 0.25) is 0 Å². The molecule has 1 saturated heterocycles. The first kappa shape index (κ1) is 29.5. The Morgan fingerprint density at radius 2 is 1.88 bits per heavy atom. The van der Waals surface area contributed by atoms with E-state index >= 15 is 8.78 Å². The van der Waals surface area contributed by atoms with E-state index in [4.69, 9.17) is 0 Å². The van der Waals surface area contributed by atoms with Gasteiger partial charge in [-0.25, -0.2) is 18.6 Å². The summed E-state index contributed by atoms with van der Waals surface area (Å²) in [6.45, 7) is 11.2. The number of hydrogen-bond donors (Lipinski definition) is 0. The van der Waals surface area contributed by atoms with Crippen LogP contribution in [0.15, 0.2) is 41.3 Å². The number of piperidine rings is 1. The number of hydrogen-bond acceptors (Lipinski definition) is 6. The first-order valence-electron chi connectivity index (χ1n) is 14.7. The minimum atomic E-state index is -0.794. The fraction of sp³-hybridized carbons (Fsp3) is 0.424. The van der Waals surface area contributed by atoms with E-state index in [1.54, 1.807) is 6.20 Å². The van der Waals surface area contributed by atoms with Crippen molar-refractivity contribution in [3.05, 3.63) is 81.0 Å². The van der Waals surface area contributed by atoms with Crippen molar-refractivity contribution >= 4 is 23.1 Å². The zero-order valence-corrected chi connectivity index (χ0v) is 24.8. The zero-order chi connectivity index (χ0) is 30.1. The smallest absolute Gasteiger partial charge is 0.351 e. The lowest BCUT2D eigenvalue weighted by Crippen LogP contribution is -2.43. The fourth-order valence-corrected chi connectivity index (χ4v) is 6.05. The number of pyridine rings is 2. The summed E-state index contributed by atoms with van der Waals surface area (Å²) in [5.41, 5.74) is 1.91. The number of rotatable bonds is 8. The molecule has 4 aromatic rings. The molecule has 0 unspecified atom stereocenters. The third kappa shape index (κ3) is 5.44. The normalized spacial score (nSPS) is 17.3. The second kappa shape index (κ2) is 12.1. The van der Waals surface area contributed by atoms with E-state index in [-0.39, 0.29) is 41.0 Å². The monoisotopic (exact) mass is 573 g/mol. The number of fused-ring (bicyclic) bond motifs is 1. The number of benzene rings is 1. The third-order valence-corrected chi connectivity index (χ3v) is 8.25. The maximum absolute atomic E-state index is 15.9. The molecule has 0 radical (unpaired) electrons. The second-order valence-corrected chi connectivity index (χ2v) is 11.7.